The predicted octanol–water partition coefficient (Wildman–Crippen LogP) is 1.38. The number of carboxylic acid groups (broad SMARTS) is 1. The molecule has 7 heteroatoms. The molecule has 0 unspecified atom stereocenters. The molecule has 1 aromatic carbocycles. The number of pyridine rings is 1. The molecule has 1 aromatic heterocycles. The Morgan fingerprint density at radius 1 is 1.38 bits per heavy atom. The van der Waals surface area contributed by atoms with E-state index in [4.69, 9.17) is 9.47 Å². The number of aromatic nitrogens is 1. The maximum Gasteiger partial charge on any atom is 0.341 e. The second kappa shape index (κ2) is 5.01. The Hall–Kier alpha value is -2.70. The van der Waals surface area contributed by atoms with Crippen molar-refractivity contribution in [3.8, 4) is 11.5 Å². The Labute approximate surface area is 119 Å². The molecule has 2 aromatic rings. The Bertz CT molecular complexity index is 781. The van der Waals surface area contributed by atoms with Gasteiger partial charge < -0.3 is 20.0 Å². The molecule has 0 fully saturated rings. The van der Waals surface area contributed by atoms with Crippen molar-refractivity contribution in [3.05, 3.63) is 34.1 Å². The summed E-state index contributed by atoms with van der Waals surface area (Å²) in [4.78, 5) is 23.5. The molecule has 2 heterocycles. The summed E-state index contributed by atoms with van der Waals surface area (Å²) in [6, 6.07) is 3.20. The topological polar surface area (TPSA) is 89.8 Å². The lowest BCUT2D eigenvalue weighted by molar-refractivity contribution is 0.0695. The van der Waals surface area contributed by atoms with Crippen molar-refractivity contribution in [2.24, 2.45) is 0 Å². The average Bonchev–Trinajstić information content (AvgIpc) is 2.92. The van der Waals surface area contributed by atoms with Crippen LogP contribution < -0.4 is 20.3 Å². The van der Waals surface area contributed by atoms with Gasteiger partial charge in [0.15, 0.2) is 11.5 Å². The number of carboxylic acids is 1. The molecule has 0 saturated heterocycles. The summed E-state index contributed by atoms with van der Waals surface area (Å²) in [5, 5.41) is 9.45. The molecular formula is C14H14N2O5. The molecule has 3 rings (SSSR count). The lowest BCUT2D eigenvalue weighted by atomic mass is 10.1. The monoisotopic (exact) mass is 290 g/mol. The number of nitrogens with one attached hydrogen (secondary N) is 1. The summed E-state index contributed by atoms with van der Waals surface area (Å²) in [5.74, 6) is -0.271. The van der Waals surface area contributed by atoms with Gasteiger partial charge in [0.05, 0.1) is 10.9 Å². The summed E-state index contributed by atoms with van der Waals surface area (Å²) in [7, 11) is 0. The minimum atomic E-state index is -1.26. The molecule has 2 N–H and O–H groups in total. The van der Waals surface area contributed by atoms with Crippen molar-refractivity contribution in [1.82, 2.24) is 4.68 Å². The smallest absolute Gasteiger partial charge is 0.341 e. The molecule has 110 valence electrons. The predicted molar refractivity (Wildman–Crippen MR) is 75.8 cm³/mol. The number of aromatic carboxylic acids is 1. The highest BCUT2D eigenvalue weighted by atomic mass is 16.7. The van der Waals surface area contributed by atoms with Crippen molar-refractivity contribution in [2.75, 3.05) is 18.8 Å². The molecule has 0 bridgehead atoms. The van der Waals surface area contributed by atoms with Gasteiger partial charge in [-0.2, -0.15) is 0 Å². The van der Waals surface area contributed by atoms with E-state index in [2.05, 4.69) is 5.43 Å². The van der Waals surface area contributed by atoms with E-state index in [-0.39, 0.29) is 17.7 Å². The highest BCUT2D eigenvalue weighted by Gasteiger charge is 2.20. The van der Waals surface area contributed by atoms with Crippen molar-refractivity contribution in [2.45, 2.75) is 13.3 Å². The first-order chi connectivity index (χ1) is 10.1. The Morgan fingerprint density at radius 3 is 2.76 bits per heavy atom. The van der Waals surface area contributed by atoms with Crippen LogP contribution >= 0.6 is 0 Å². The first-order valence-corrected chi connectivity index (χ1v) is 6.58. The number of hydrogen-bond donors (Lipinski definition) is 2. The second-order valence-corrected chi connectivity index (χ2v) is 4.68. The van der Waals surface area contributed by atoms with Crippen LogP contribution in [0.25, 0.3) is 10.9 Å². The van der Waals surface area contributed by atoms with Gasteiger partial charge in [-0.3, -0.25) is 9.47 Å². The minimum Gasteiger partial charge on any atom is -0.477 e. The fraction of sp³-hybridized carbons (Fsp3) is 0.286. The number of rotatable bonds is 4. The van der Waals surface area contributed by atoms with Crippen LogP contribution in [0, 0.1) is 0 Å². The quantitative estimate of drug-likeness (QED) is 0.884. The van der Waals surface area contributed by atoms with Crippen LogP contribution in [0.15, 0.2) is 23.1 Å². The van der Waals surface area contributed by atoms with Gasteiger partial charge in [-0.25, -0.2) is 4.79 Å². The number of benzene rings is 1. The molecule has 0 spiro atoms. The van der Waals surface area contributed by atoms with Crippen LogP contribution in [0.4, 0.5) is 0 Å². The van der Waals surface area contributed by atoms with Crippen LogP contribution in [-0.2, 0) is 0 Å². The zero-order chi connectivity index (χ0) is 15.0. The molecule has 0 atom stereocenters. The number of ether oxygens (including phenoxy) is 2. The standard InChI is InChI=1S/C14H14N2O5/c1-2-3-15-16-6-9(14(18)19)13(17)8-4-11-12(5-10(8)16)21-7-20-11/h4-6,15H,2-3,7H2,1H3,(H,18,19). The SMILES string of the molecule is CCCNn1cc(C(=O)O)c(=O)c2cc3c(cc21)OCO3. The molecule has 21 heavy (non-hydrogen) atoms. The van der Waals surface area contributed by atoms with Crippen molar-refractivity contribution in [3.63, 3.8) is 0 Å². The maximum atomic E-state index is 12.3. The minimum absolute atomic E-state index is 0.0913. The van der Waals surface area contributed by atoms with E-state index in [1.807, 2.05) is 6.92 Å². The summed E-state index contributed by atoms with van der Waals surface area (Å²) in [5.41, 5.74) is 2.80. The molecule has 1 aliphatic heterocycles. The molecule has 1 aliphatic rings. The van der Waals surface area contributed by atoms with Gasteiger partial charge in [0.2, 0.25) is 12.2 Å². The number of carbonyl (C=O) groups is 1. The molecule has 0 aliphatic carbocycles. The lowest BCUT2D eigenvalue weighted by Gasteiger charge is -2.14. The summed E-state index contributed by atoms with van der Waals surface area (Å²) < 4.78 is 12.1. The molecule has 0 saturated carbocycles. The van der Waals surface area contributed by atoms with Crippen molar-refractivity contribution in [1.29, 1.82) is 0 Å². The van der Waals surface area contributed by atoms with Crippen LogP contribution in [0.5, 0.6) is 11.5 Å². The Kier molecular flexibility index (Phi) is 3.17. The van der Waals surface area contributed by atoms with E-state index >= 15 is 0 Å². The van der Waals surface area contributed by atoms with Crippen LogP contribution in [0.2, 0.25) is 0 Å². The molecular weight excluding hydrogens is 276 g/mol. The van der Waals surface area contributed by atoms with Gasteiger partial charge >= 0.3 is 5.97 Å². The Morgan fingerprint density at radius 2 is 2.10 bits per heavy atom. The van der Waals surface area contributed by atoms with E-state index in [0.717, 1.165) is 6.42 Å². The number of nitrogens with zero attached hydrogens (tertiary/aromatic N) is 1. The Balaban J connectivity index is 2.30. The van der Waals surface area contributed by atoms with Gasteiger partial charge in [-0.05, 0) is 12.5 Å². The summed E-state index contributed by atoms with van der Waals surface area (Å²) >= 11 is 0. The third-order valence-corrected chi connectivity index (χ3v) is 3.26. The first-order valence-electron chi connectivity index (χ1n) is 6.58. The average molecular weight is 290 g/mol. The van der Waals surface area contributed by atoms with Gasteiger partial charge in [0.25, 0.3) is 0 Å². The third kappa shape index (κ3) is 2.16. The van der Waals surface area contributed by atoms with E-state index < -0.39 is 11.4 Å². The van der Waals surface area contributed by atoms with E-state index in [1.54, 1.807) is 10.7 Å². The zero-order valence-electron chi connectivity index (χ0n) is 11.4. The van der Waals surface area contributed by atoms with Crippen molar-refractivity contribution < 1.29 is 19.4 Å². The fourth-order valence-corrected chi connectivity index (χ4v) is 2.23. The molecule has 7 nitrogen and oxygen atoms in total. The maximum absolute atomic E-state index is 12.3. The van der Waals surface area contributed by atoms with E-state index in [9.17, 15) is 14.7 Å². The van der Waals surface area contributed by atoms with Crippen LogP contribution in [-0.4, -0.2) is 29.1 Å². The zero-order valence-corrected chi connectivity index (χ0v) is 11.4. The number of hydrogen-bond acceptors (Lipinski definition) is 5. The summed E-state index contributed by atoms with van der Waals surface area (Å²) in [6.45, 7) is 2.73. The van der Waals surface area contributed by atoms with Gasteiger partial charge in [-0.15, -0.1) is 0 Å². The van der Waals surface area contributed by atoms with Crippen LogP contribution in [0.1, 0.15) is 23.7 Å². The van der Waals surface area contributed by atoms with Gasteiger partial charge in [0.1, 0.15) is 5.56 Å². The number of fused-ring (bicyclic) bond motifs is 2. The fourth-order valence-electron chi connectivity index (χ4n) is 2.23. The lowest BCUT2D eigenvalue weighted by Crippen LogP contribution is -2.24. The van der Waals surface area contributed by atoms with Crippen molar-refractivity contribution >= 4 is 16.9 Å². The summed E-state index contributed by atoms with van der Waals surface area (Å²) in [6.07, 6.45) is 2.16. The highest BCUT2D eigenvalue weighted by Crippen LogP contribution is 2.35. The largest absolute Gasteiger partial charge is 0.477 e. The molecule has 0 radical (unpaired) electrons. The third-order valence-electron chi connectivity index (χ3n) is 3.26. The van der Waals surface area contributed by atoms with Gasteiger partial charge in [-0.1, -0.05) is 6.92 Å². The molecule has 0 amide bonds. The normalized spacial score (nSPS) is 12.6. The first kappa shape index (κ1) is 13.3. The van der Waals surface area contributed by atoms with E-state index in [1.165, 1.54) is 12.3 Å². The highest BCUT2D eigenvalue weighted by molar-refractivity contribution is 5.93. The van der Waals surface area contributed by atoms with E-state index in [0.29, 0.717) is 23.6 Å². The van der Waals surface area contributed by atoms with Crippen LogP contribution in [0.3, 0.4) is 0 Å². The second-order valence-electron chi connectivity index (χ2n) is 4.68. The van der Waals surface area contributed by atoms with Gasteiger partial charge in [0, 0.05) is 18.8 Å².